The zero-order chi connectivity index (χ0) is 9.68. The summed E-state index contributed by atoms with van der Waals surface area (Å²) in [5, 5.41) is 0. The second-order valence-electron chi connectivity index (χ2n) is 3.06. The molecular weight excluding hydrogens is 168 g/mol. The Hall–Kier alpha value is -0.810. The number of hydrogen-bond donors (Lipinski definition) is 2. The van der Waals surface area contributed by atoms with Gasteiger partial charge in [0.05, 0.1) is 19.3 Å². The lowest BCUT2D eigenvalue weighted by Crippen LogP contribution is -2.53. The molecule has 0 saturated carbocycles. The number of nitrogens with zero attached hydrogens (tertiary/aromatic N) is 2. The Kier molecular flexibility index (Phi) is 3.98. The van der Waals surface area contributed by atoms with Gasteiger partial charge in [0.15, 0.2) is 0 Å². The number of hydrogen-bond acceptors (Lipinski definition) is 3. The van der Waals surface area contributed by atoms with Crippen LogP contribution in [0.25, 0.3) is 0 Å². The Morgan fingerprint density at radius 2 is 2.54 bits per heavy atom. The van der Waals surface area contributed by atoms with Crippen molar-refractivity contribution < 1.29 is 4.74 Å². The molecule has 0 aliphatic carbocycles. The smallest absolute Gasteiger partial charge is 0.208 e. The number of ether oxygens (including phenoxy) is 1. The Morgan fingerprint density at radius 3 is 3.08 bits per heavy atom. The first-order valence-corrected chi connectivity index (χ1v) is 4.65. The van der Waals surface area contributed by atoms with Crippen LogP contribution >= 0.6 is 0 Å². The minimum atomic E-state index is 0.343. The van der Waals surface area contributed by atoms with E-state index in [1.165, 1.54) is 0 Å². The summed E-state index contributed by atoms with van der Waals surface area (Å²) in [6.07, 6.45) is 0. The third-order valence-corrected chi connectivity index (χ3v) is 2.08. The number of morpholine rings is 1. The first kappa shape index (κ1) is 10.3. The molecule has 1 rings (SSSR count). The number of rotatable bonds is 1. The van der Waals surface area contributed by atoms with Crippen LogP contribution in [0.15, 0.2) is 4.99 Å². The van der Waals surface area contributed by atoms with Crippen molar-refractivity contribution in [1.29, 1.82) is 0 Å². The van der Waals surface area contributed by atoms with Gasteiger partial charge in [-0.15, -0.1) is 0 Å². The van der Waals surface area contributed by atoms with Crippen molar-refractivity contribution in [3.63, 3.8) is 0 Å². The topological polar surface area (TPSA) is 62.9 Å². The lowest BCUT2D eigenvalue weighted by Gasteiger charge is -2.35. The van der Waals surface area contributed by atoms with Gasteiger partial charge in [0.25, 0.3) is 0 Å². The van der Waals surface area contributed by atoms with Crippen molar-refractivity contribution in [2.75, 3.05) is 26.3 Å². The van der Waals surface area contributed by atoms with E-state index in [-0.39, 0.29) is 0 Å². The summed E-state index contributed by atoms with van der Waals surface area (Å²) < 4.78 is 5.32. The van der Waals surface area contributed by atoms with Gasteiger partial charge in [-0.25, -0.2) is 5.84 Å². The number of hydrazine groups is 1. The second kappa shape index (κ2) is 5.04. The Balaban J connectivity index is 2.60. The SMILES string of the molecule is CCN=C(NN)N1CCOCC1C. The van der Waals surface area contributed by atoms with E-state index >= 15 is 0 Å². The molecule has 1 fully saturated rings. The molecule has 5 nitrogen and oxygen atoms in total. The summed E-state index contributed by atoms with van der Waals surface area (Å²) in [6, 6.07) is 0.343. The summed E-state index contributed by atoms with van der Waals surface area (Å²) in [4.78, 5) is 6.40. The molecule has 1 unspecified atom stereocenters. The van der Waals surface area contributed by atoms with E-state index in [2.05, 4.69) is 22.2 Å². The van der Waals surface area contributed by atoms with Gasteiger partial charge in [-0.1, -0.05) is 0 Å². The Labute approximate surface area is 78.9 Å². The molecule has 0 aromatic rings. The van der Waals surface area contributed by atoms with E-state index in [1.54, 1.807) is 0 Å². The minimum absolute atomic E-state index is 0.343. The molecule has 1 saturated heterocycles. The van der Waals surface area contributed by atoms with Crippen molar-refractivity contribution >= 4 is 5.96 Å². The van der Waals surface area contributed by atoms with E-state index in [0.717, 1.165) is 32.3 Å². The van der Waals surface area contributed by atoms with Gasteiger partial charge < -0.3 is 9.64 Å². The van der Waals surface area contributed by atoms with Gasteiger partial charge in [0.1, 0.15) is 0 Å². The Morgan fingerprint density at radius 1 is 1.77 bits per heavy atom. The van der Waals surface area contributed by atoms with Crippen LogP contribution in [0.2, 0.25) is 0 Å². The zero-order valence-corrected chi connectivity index (χ0v) is 8.29. The number of aliphatic imine (C=N–C) groups is 1. The Bertz CT molecular complexity index is 183. The van der Waals surface area contributed by atoms with Gasteiger partial charge in [-0.2, -0.15) is 0 Å². The molecule has 0 aromatic heterocycles. The summed E-state index contributed by atoms with van der Waals surface area (Å²) in [6.45, 7) is 7.16. The third-order valence-electron chi connectivity index (χ3n) is 2.08. The molecule has 1 atom stereocenters. The van der Waals surface area contributed by atoms with Crippen molar-refractivity contribution in [1.82, 2.24) is 10.3 Å². The molecule has 5 heteroatoms. The predicted octanol–water partition coefficient (Wildman–Crippen LogP) is -0.454. The van der Waals surface area contributed by atoms with Crippen LogP contribution in [-0.2, 0) is 4.74 Å². The highest BCUT2D eigenvalue weighted by molar-refractivity contribution is 5.79. The second-order valence-corrected chi connectivity index (χ2v) is 3.06. The third kappa shape index (κ3) is 2.57. The number of nitrogens with one attached hydrogen (secondary N) is 1. The monoisotopic (exact) mass is 186 g/mol. The van der Waals surface area contributed by atoms with Gasteiger partial charge >= 0.3 is 0 Å². The summed E-state index contributed by atoms with van der Waals surface area (Å²) in [5.74, 6) is 6.15. The normalized spacial score (nSPS) is 24.7. The summed E-state index contributed by atoms with van der Waals surface area (Å²) >= 11 is 0. The minimum Gasteiger partial charge on any atom is -0.377 e. The predicted molar refractivity (Wildman–Crippen MR) is 52.3 cm³/mol. The van der Waals surface area contributed by atoms with Gasteiger partial charge in [0.2, 0.25) is 5.96 Å². The average Bonchev–Trinajstić information content (AvgIpc) is 2.16. The maximum Gasteiger partial charge on any atom is 0.208 e. The van der Waals surface area contributed by atoms with Crippen LogP contribution in [0.5, 0.6) is 0 Å². The zero-order valence-electron chi connectivity index (χ0n) is 8.29. The molecule has 0 bridgehead atoms. The van der Waals surface area contributed by atoms with Crippen molar-refractivity contribution in [3.8, 4) is 0 Å². The largest absolute Gasteiger partial charge is 0.377 e. The first-order chi connectivity index (χ1) is 6.29. The fraction of sp³-hybridized carbons (Fsp3) is 0.875. The van der Waals surface area contributed by atoms with E-state index < -0.39 is 0 Å². The average molecular weight is 186 g/mol. The van der Waals surface area contributed by atoms with Gasteiger partial charge in [-0.05, 0) is 13.8 Å². The summed E-state index contributed by atoms with van der Waals surface area (Å²) in [5.41, 5.74) is 2.62. The standard InChI is InChI=1S/C8H18N4O/c1-3-10-8(11-9)12-4-5-13-6-7(12)2/h7H,3-6,9H2,1-2H3,(H,10,11). The van der Waals surface area contributed by atoms with E-state index in [1.807, 2.05) is 6.92 Å². The first-order valence-electron chi connectivity index (χ1n) is 4.65. The van der Waals surface area contributed by atoms with Crippen molar-refractivity contribution in [3.05, 3.63) is 0 Å². The van der Waals surface area contributed by atoms with Gasteiger partial charge in [0, 0.05) is 13.1 Å². The maximum absolute atomic E-state index is 5.39. The molecule has 0 amide bonds. The molecule has 0 spiro atoms. The molecule has 1 heterocycles. The van der Waals surface area contributed by atoms with Crippen LogP contribution in [0, 0.1) is 0 Å². The molecule has 13 heavy (non-hydrogen) atoms. The van der Waals surface area contributed by atoms with Crippen LogP contribution < -0.4 is 11.3 Å². The lowest BCUT2D eigenvalue weighted by atomic mass is 10.3. The van der Waals surface area contributed by atoms with Gasteiger partial charge in [-0.3, -0.25) is 10.4 Å². The van der Waals surface area contributed by atoms with Crippen LogP contribution in [0.4, 0.5) is 0 Å². The lowest BCUT2D eigenvalue weighted by molar-refractivity contribution is 0.0315. The molecule has 0 aromatic carbocycles. The maximum atomic E-state index is 5.39. The highest BCUT2D eigenvalue weighted by Crippen LogP contribution is 2.05. The van der Waals surface area contributed by atoms with E-state index in [9.17, 15) is 0 Å². The highest BCUT2D eigenvalue weighted by Gasteiger charge is 2.21. The van der Waals surface area contributed by atoms with Crippen LogP contribution in [0.1, 0.15) is 13.8 Å². The highest BCUT2D eigenvalue weighted by atomic mass is 16.5. The van der Waals surface area contributed by atoms with Crippen molar-refractivity contribution in [2.24, 2.45) is 10.8 Å². The molecular formula is C8H18N4O. The molecule has 0 radical (unpaired) electrons. The fourth-order valence-corrected chi connectivity index (χ4v) is 1.41. The molecule has 3 N–H and O–H groups in total. The summed E-state index contributed by atoms with van der Waals surface area (Å²) in [7, 11) is 0. The fourth-order valence-electron chi connectivity index (χ4n) is 1.41. The molecule has 1 aliphatic heterocycles. The molecule has 76 valence electrons. The van der Waals surface area contributed by atoms with E-state index in [4.69, 9.17) is 10.6 Å². The van der Waals surface area contributed by atoms with Crippen LogP contribution in [0.3, 0.4) is 0 Å². The number of guanidine groups is 1. The molecule has 1 aliphatic rings. The van der Waals surface area contributed by atoms with E-state index in [0.29, 0.717) is 6.04 Å². The quantitative estimate of drug-likeness (QED) is 0.252. The van der Waals surface area contributed by atoms with Crippen LogP contribution in [-0.4, -0.2) is 43.2 Å². The number of nitrogens with two attached hydrogens (primary N) is 1. The van der Waals surface area contributed by atoms with Crippen molar-refractivity contribution in [2.45, 2.75) is 19.9 Å².